The fourth-order valence-corrected chi connectivity index (χ4v) is 2.59. The van der Waals surface area contributed by atoms with Crippen molar-refractivity contribution in [2.24, 2.45) is 0 Å². The highest BCUT2D eigenvalue weighted by Gasteiger charge is 2.17. The molecule has 0 bridgehead atoms. The third kappa shape index (κ3) is 4.42. The van der Waals surface area contributed by atoms with Gasteiger partial charge in [-0.3, -0.25) is 9.59 Å². The number of amides is 2. The maximum Gasteiger partial charge on any atom is 0.256 e. The zero-order chi connectivity index (χ0) is 18.5. The van der Waals surface area contributed by atoms with Crippen LogP contribution < -0.4 is 10.6 Å². The summed E-state index contributed by atoms with van der Waals surface area (Å²) in [5, 5.41) is 6.66. The molecule has 0 saturated heterocycles. The van der Waals surface area contributed by atoms with Crippen LogP contribution in [0.5, 0.6) is 0 Å². The molecule has 0 aliphatic carbocycles. The number of anilines is 2. The lowest BCUT2D eigenvalue weighted by atomic mass is 10.1. The van der Waals surface area contributed by atoms with Crippen molar-refractivity contribution in [1.82, 2.24) is 0 Å². The fraction of sp³-hybridized carbons (Fsp3) is 0. The molecule has 0 radical (unpaired) electrons. The SMILES string of the molecule is O=C(Nc1ccc(Cl)cc1)c1ccccc1C(=O)Nc1ccc(Cl)cc1. The maximum atomic E-state index is 12.6. The van der Waals surface area contributed by atoms with Crippen LogP contribution in [0.4, 0.5) is 11.4 Å². The van der Waals surface area contributed by atoms with Crippen molar-refractivity contribution in [2.45, 2.75) is 0 Å². The predicted octanol–water partition coefficient (Wildman–Crippen LogP) is 5.50. The Kier molecular flexibility index (Phi) is 5.56. The summed E-state index contributed by atoms with van der Waals surface area (Å²) in [5.41, 5.74) is 1.72. The van der Waals surface area contributed by atoms with Crippen LogP contribution in [0, 0.1) is 0 Å². The van der Waals surface area contributed by atoms with E-state index in [4.69, 9.17) is 23.2 Å². The lowest BCUT2D eigenvalue weighted by Gasteiger charge is -2.11. The summed E-state index contributed by atoms with van der Waals surface area (Å²) in [4.78, 5) is 25.2. The average molecular weight is 385 g/mol. The highest BCUT2D eigenvalue weighted by atomic mass is 35.5. The van der Waals surface area contributed by atoms with Crippen molar-refractivity contribution in [3.05, 3.63) is 94.0 Å². The van der Waals surface area contributed by atoms with Crippen molar-refractivity contribution in [3.8, 4) is 0 Å². The van der Waals surface area contributed by atoms with E-state index in [9.17, 15) is 9.59 Å². The minimum absolute atomic E-state index is 0.272. The monoisotopic (exact) mass is 384 g/mol. The lowest BCUT2D eigenvalue weighted by Crippen LogP contribution is -2.20. The second kappa shape index (κ2) is 8.04. The first-order chi connectivity index (χ1) is 12.5. The van der Waals surface area contributed by atoms with Gasteiger partial charge in [-0.2, -0.15) is 0 Å². The molecule has 2 amide bonds. The molecule has 0 unspecified atom stereocenters. The molecule has 0 aliphatic rings. The van der Waals surface area contributed by atoms with Gasteiger partial charge in [0.2, 0.25) is 0 Å². The first kappa shape index (κ1) is 18.0. The molecule has 6 heteroatoms. The Morgan fingerprint density at radius 2 is 0.923 bits per heavy atom. The Labute approximate surface area is 160 Å². The van der Waals surface area contributed by atoms with E-state index in [0.29, 0.717) is 21.4 Å². The maximum absolute atomic E-state index is 12.6. The molecule has 0 fully saturated rings. The first-order valence-corrected chi connectivity index (χ1v) is 8.51. The fourth-order valence-electron chi connectivity index (χ4n) is 2.34. The van der Waals surface area contributed by atoms with Crippen LogP contribution in [0.25, 0.3) is 0 Å². The van der Waals surface area contributed by atoms with Crippen LogP contribution in [0.2, 0.25) is 10.0 Å². The molecule has 0 saturated carbocycles. The van der Waals surface area contributed by atoms with E-state index in [1.807, 2.05) is 0 Å². The van der Waals surface area contributed by atoms with Crippen LogP contribution in [-0.4, -0.2) is 11.8 Å². The minimum atomic E-state index is -0.380. The Bertz CT molecular complexity index is 860. The first-order valence-electron chi connectivity index (χ1n) is 7.76. The summed E-state index contributed by atoms with van der Waals surface area (Å²) < 4.78 is 0. The van der Waals surface area contributed by atoms with Gasteiger partial charge in [-0.1, -0.05) is 35.3 Å². The van der Waals surface area contributed by atoms with Crippen molar-refractivity contribution in [3.63, 3.8) is 0 Å². The molecular formula is C20H14Cl2N2O2. The molecule has 0 spiro atoms. The van der Waals surface area contributed by atoms with Gasteiger partial charge in [-0.25, -0.2) is 0 Å². The standard InChI is InChI=1S/C20H14Cl2N2O2/c21-13-5-9-15(10-6-13)23-19(25)17-3-1-2-4-18(17)20(26)24-16-11-7-14(22)8-12-16/h1-12H,(H,23,25)(H,24,26). The van der Waals surface area contributed by atoms with Gasteiger partial charge in [0, 0.05) is 21.4 Å². The number of hydrogen-bond acceptors (Lipinski definition) is 2. The topological polar surface area (TPSA) is 58.2 Å². The Morgan fingerprint density at radius 3 is 1.27 bits per heavy atom. The molecule has 0 heterocycles. The van der Waals surface area contributed by atoms with Crippen molar-refractivity contribution in [2.75, 3.05) is 10.6 Å². The number of rotatable bonds is 4. The third-order valence-electron chi connectivity index (χ3n) is 3.62. The second-order valence-corrected chi connectivity index (χ2v) is 6.34. The van der Waals surface area contributed by atoms with E-state index in [1.54, 1.807) is 72.8 Å². The third-order valence-corrected chi connectivity index (χ3v) is 4.12. The second-order valence-electron chi connectivity index (χ2n) is 5.47. The Morgan fingerprint density at radius 1 is 0.577 bits per heavy atom. The largest absolute Gasteiger partial charge is 0.322 e. The summed E-state index contributed by atoms with van der Waals surface area (Å²) in [6.45, 7) is 0. The smallest absolute Gasteiger partial charge is 0.256 e. The number of halogens is 2. The van der Waals surface area contributed by atoms with Crippen molar-refractivity contribution >= 4 is 46.4 Å². The quantitative estimate of drug-likeness (QED) is 0.623. The van der Waals surface area contributed by atoms with E-state index < -0.39 is 0 Å². The van der Waals surface area contributed by atoms with Gasteiger partial charge >= 0.3 is 0 Å². The van der Waals surface area contributed by atoms with Crippen molar-refractivity contribution in [1.29, 1.82) is 0 Å². The Balaban J connectivity index is 1.80. The normalized spacial score (nSPS) is 10.2. The van der Waals surface area contributed by atoms with Crippen LogP contribution >= 0.6 is 23.2 Å². The van der Waals surface area contributed by atoms with Gasteiger partial charge < -0.3 is 10.6 Å². The van der Waals surface area contributed by atoms with Crippen LogP contribution in [0.1, 0.15) is 20.7 Å². The summed E-state index contributed by atoms with van der Waals surface area (Å²) in [5.74, 6) is -0.761. The number of carbonyl (C=O) groups excluding carboxylic acids is 2. The van der Waals surface area contributed by atoms with Gasteiger partial charge in [-0.15, -0.1) is 0 Å². The number of carbonyl (C=O) groups is 2. The molecule has 0 atom stereocenters. The van der Waals surface area contributed by atoms with E-state index in [0.717, 1.165) is 0 Å². The molecule has 3 aromatic carbocycles. The van der Waals surface area contributed by atoms with Gasteiger partial charge in [-0.05, 0) is 60.7 Å². The molecule has 0 aromatic heterocycles. The van der Waals surface area contributed by atoms with Crippen LogP contribution in [0.15, 0.2) is 72.8 Å². The minimum Gasteiger partial charge on any atom is -0.322 e. The highest BCUT2D eigenvalue weighted by molar-refractivity contribution is 6.31. The average Bonchev–Trinajstić information content (AvgIpc) is 2.65. The summed E-state index contributed by atoms with van der Waals surface area (Å²) in [6.07, 6.45) is 0. The molecular weight excluding hydrogens is 371 g/mol. The summed E-state index contributed by atoms with van der Waals surface area (Å²) in [7, 11) is 0. The molecule has 0 aliphatic heterocycles. The van der Waals surface area contributed by atoms with E-state index >= 15 is 0 Å². The van der Waals surface area contributed by atoms with Crippen LogP contribution in [-0.2, 0) is 0 Å². The van der Waals surface area contributed by atoms with Gasteiger partial charge in [0.25, 0.3) is 11.8 Å². The van der Waals surface area contributed by atoms with E-state index in [2.05, 4.69) is 10.6 Å². The van der Waals surface area contributed by atoms with E-state index in [-0.39, 0.29) is 22.9 Å². The van der Waals surface area contributed by atoms with Crippen LogP contribution in [0.3, 0.4) is 0 Å². The number of nitrogens with one attached hydrogen (secondary N) is 2. The molecule has 3 rings (SSSR count). The molecule has 26 heavy (non-hydrogen) atoms. The predicted molar refractivity (Wildman–Crippen MR) is 105 cm³/mol. The lowest BCUT2D eigenvalue weighted by molar-refractivity contribution is 0.0990. The van der Waals surface area contributed by atoms with Gasteiger partial charge in [0.15, 0.2) is 0 Å². The molecule has 130 valence electrons. The van der Waals surface area contributed by atoms with E-state index in [1.165, 1.54) is 0 Å². The summed E-state index contributed by atoms with van der Waals surface area (Å²) >= 11 is 11.7. The molecule has 2 N–H and O–H groups in total. The highest BCUT2D eigenvalue weighted by Crippen LogP contribution is 2.18. The number of hydrogen-bond donors (Lipinski definition) is 2. The van der Waals surface area contributed by atoms with Gasteiger partial charge in [0.05, 0.1) is 11.1 Å². The summed E-state index contributed by atoms with van der Waals surface area (Å²) in [6, 6.07) is 20.1. The molecule has 4 nitrogen and oxygen atoms in total. The zero-order valence-corrected chi connectivity index (χ0v) is 15.0. The van der Waals surface area contributed by atoms with Gasteiger partial charge in [0.1, 0.15) is 0 Å². The Hall–Kier alpha value is -2.82. The van der Waals surface area contributed by atoms with Crippen molar-refractivity contribution < 1.29 is 9.59 Å². The molecule has 3 aromatic rings. The zero-order valence-electron chi connectivity index (χ0n) is 13.5. The number of benzene rings is 3.